The number of imide groups is 1. The fourth-order valence-corrected chi connectivity index (χ4v) is 6.23. The van der Waals surface area contributed by atoms with Gasteiger partial charge in [0.05, 0.1) is 5.02 Å². The van der Waals surface area contributed by atoms with E-state index in [2.05, 4.69) is 21.8 Å². The van der Waals surface area contributed by atoms with Gasteiger partial charge in [-0.25, -0.2) is 9.18 Å². The number of carbonyl (C=O) groups is 2. The molecule has 0 saturated carbocycles. The lowest BCUT2D eigenvalue weighted by Crippen LogP contribution is -2.53. The van der Waals surface area contributed by atoms with E-state index in [1.165, 1.54) is 11.0 Å². The van der Waals surface area contributed by atoms with Crippen LogP contribution in [0.3, 0.4) is 0 Å². The van der Waals surface area contributed by atoms with Crippen LogP contribution in [-0.2, 0) is 11.2 Å². The van der Waals surface area contributed by atoms with Gasteiger partial charge in [0.15, 0.2) is 0 Å². The molecular weight excluding hydrogens is 497 g/mol. The van der Waals surface area contributed by atoms with Crippen LogP contribution >= 0.6 is 11.6 Å². The van der Waals surface area contributed by atoms with E-state index >= 15 is 0 Å². The van der Waals surface area contributed by atoms with Crippen molar-refractivity contribution in [2.24, 2.45) is 0 Å². The Labute approximate surface area is 219 Å². The molecule has 3 aliphatic rings. The number of hydrogen-bond donors (Lipinski definition) is 2. The van der Waals surface area contributed by atoms with Crippen molar-refractivity contribution in [2.45, 2.75) is 24.9 Å². The zero-order chi connectivity index (χ0) is 26.1. The van der Waals surface area contributed by atoms with E-state index in [9.17, 15) is 19.1 Å². The third-order valence-corrected chi connectivity index (χ3v) is 8.42. The minimum atomic E-state index is -1.14. The molecule has 194 valence electrons. The number of H-pyrrole nitrogens is 1. The Balaban J connectivity index is 1.42. The minimum absolute atomic E-state index is 0.00147. The molecule has 4 heterocycles. The van der Waals surface area contributed by atoms with Crippen molar-refractivity contribution in [3.63, 3.8) is 0 Å². The monoisotopic (exact) mass is 525 g/mol. The van der Waals surface area contributed by atoms with Gasteiger partial charge in [-0.3, -0.25) is 19.5 Å². The highest BCUT2D eigenvalue weighted by molar-refractivity contribution is 6.31. The molecule has 2 N–H and O–H groups in total. The number of piperazine rings is 1. The average Bonchev–Trinajstić information content (AvgIpc) is 3.29. The first-order valence-corrected chi connectivity index (χ1v) is 12.9. The lowest BCUT2D eigenvalue weighted by atomic mass is 9.81. The molecule has 8 nitrogen and oxygen atoms in total. The number of phenolic OH excluding ortho intramolecular Hbond substituents is 1. The maximum atomic E-state index is 14.3. The van der Waals surface area contributed by atoms with Crippen molar-refractivity contribution in [1.82, 2.24) is 24.6 Å². The van der Waals surface area contributed by atoms with Gasteiger partial charge in [0.2, 0.25) is 0 Å². The third-order valence-electron chi connectivity index (χ3n) is 8.13. The lowest BCUT2D eigenvalue weighted by molar-refractivity contribution is -0.133. The fourth-order valence-electron chi connectivity index (χ4n) is 6.06. The van der Waals surface area contributed by atoms with E-state index in [0.717, 1.165) is 37.1 Å². The van der Waals surface area contributed by atoms with Crippen molar-refractivity contribution >= 4 is 34.4 Å². The summed E-state index contributed by atoms with van der Waals surface area (Å²) in [6.45, 7) is 6.43. The number of aromatic amines is 1. The van der Waals surface area contributed by atoms with Crippen LogP contribution in [-0.4, -0.2) is 93.5 Å². The Morgan fingerprint density at radius 2 is 1.89 bits per heavy atom. The number of aromatic hydroxyl groups is 1. The van der Waals surface area contributed by atoms with E-state index in [-0.39, 0.29) is 29.1 Å². The predicted octanol–water partition coefficient (Wildman–Crippen LogP) is 3.58. The Kier molecular flexibility index (Phi) is 5.70. The van der Waals surface area contributed by atoms with E-state index in [4.69, 9.17) is 11.6 Å². The van der Waals surface area contributed by atoms with Crippen LogP contribution in [0.5, 0.6) is 5.75 Å². The number of likely N-dealkylation sites (N-methyl/N-ethyl adjacent to an activating group) is 1. The second-order valence-corrected chi connectivity index (χ2v) is 10.9. The first kappa shape index (κ1) is 24.2. The van der Waals surface area contributed by atoms with E-state index < -0.39 is 17.4 Å². The largest absolute Gasteiger partial charge is 0.508 e. The van der Waals surface area contributed by atoms with Gasteiger partial charge in [0.25, 0.3) is 5.91 Å². The minimum Gasteiger partial charge on any atom is -0.508 e. The van der Waals surface area contributed by atoms with Crippen LogP contribution in [0.25, 0.3) is 10.9 Å². The third kappa shape index (κ3) is 3.79. The quantitative estimate of drug-likeness (QED) is 0.509. The number of aromatic nitrogens is 1. The standard InChI is InChI=1S/C27H29ClFN5O3/c1-27-15-19-18-13-20(28)21(29)14-22(18)30-23(19)24(16-4-3-5-17(35)12-16)34(27)26(37)33(25(27)36)11-10-32-8-6-31(2)7-9-32/h3-5,12-14,24,30,35H,6-11,15H2,1-2H3. The van der Waals surface area contributed by atoms with Crippen LogP contribution in [0, 0.1) is 5.82 Å². The SMILES string of the molecule is CN1CCN(CCN2C(=O)N3C(c4cccc(O)c4)c4[nH]c5cc(F)c(Cl)cc5c4CC3(C)C2=O)CC1. The molecule has 2 atom stereocenters. The summed E-state index contributed by atoms with van der Waals surface area (Å²) >= 11 is 6.14. The van der Waals surface area contributed by atoms with Crippen LogP contribution in [0.2, 0.25) is 5.02 Å². The number of nitrogens with one attached hydrogen (secondary N) is 1. The number of hydrogen-bond acceptors (Lipinski definition) is 5. The summed E-state index contributed by atoms with van der Waals surface area (Å²) in [6.07, 6.45) is 0.273. The summed E-state index contributed by atoms with van der Waals surface area (Å²) in [6, 6.07) is 8.59. The second kappa shape index (κ2) is 8.72. The summed E-state index contributed by atoms with van der Waals surface area (Å²) in [7, 11) is 2.09. The van der Waals surface area contributed by atoms with Gasteiger partial charge >= 0.3 is 6.03 Å². The highest BCUT2D eigenvalue weighted by atomic mass is 35.5. The number of nitrogens with zero attached hydrogens (tertiary/aromatic N) is 4. The second-order valence-electron chi connectivity index (χ2n) is 10.5. The van der Waals surface area contributed by atoms with Gasteiger partial charge in [0, 0.05) is 62.3 Å². The molecule has 37 heavy (non-hydrogen) atoms. The molecule has 0 bridgehead atoms. The number of benzene rings is 2. The van der Waals surface area contributed by atoms with E-state index in [1.807, 2.05) is 6.07 Å². The molecular formula is C27H29ClFN5O3. The van der Waals surface area contributed by atoms with Gasteiger partial charge in [-0.1, -0.05) is 23.7 Å². The first-order valence-electron chi connectivity index (χ1n) is 12.5. The summed E-state index contributed by atoms with van der Waals surface area (Å²) in [5.74, 6) is -0.734. The highest BCUT2D eigenvalue weighted by Gasteiger charge is 2.60. The van der Waals surface area contributed by atoms with Crippen molar-refractivity contribution in [3.8, 4) is 5.75 Å². The van der Waals surface area contributed by atoms with Gasteiger partial charge in [-0.2, -0.15) is 0 Å². The molecule has 1 aromatic heterocycles. The Bertz CT molecular complexity index is 1420. The van der Waals surface area contributed by atoms with Crippen LogP contribution in [0.15, 0.2) is 36.4 Å². The number of halogens is 2. The highest BCUT2D eigenvalue weighted by Crippen LogP contribution is 2.49. The van der Waals surface area contributed by atoms with Gasteiger partial charge in [-0.15, -0.1) is 0 Å². The summed E-state index contributed by atoms with van der Waals surface area (Å²) in [5, 5.41) is 11.0. The molecule has 6 rings (SSSR count). The summed E-state index contributed by atoms with van der Waals surface area (Å²) in [5.41, 5.74) is 1.59. The fraction of sp³-hybridized carbons (Fsp3) is 0.407. The van der Waals surface area contributed by atoms with Crippen molar-refractivity contribution < 1.29 is 19.1 Å². The number of carbonyl (C=O) groups excluding carboxylic acids is 2. The lowest BCUT2D eigenvalue weighted by Gasteiger charge is -2.42. The number of amides is 3. The van der Waals surface area contributed by atoms with Crippen LogP contribution < -0.4 is 0 Å². The summed E-state index contributed by atoms with van der Waals surface area (Å²) < 4.78 is 14.3. The van der Waals surface area contributed by atoms with Crippen LogP contribution in [0.1, 0.15) is 29.8 Å². The van der Waals surface area contributed by atoms with Gasteiger partial charge in [0.1, 0.15) is 23.1 Å². The van der Waals surface area contributed by atoms with Crippen molar-refractivity contribution in [2.75, 3.05) is 46.3 Å². The zero-order valence-corrected chi connectivity index (χ0v) is 21.6. The van der Waals surface area contributed by atoms with Gasteiger partial charge in [-0.05, 0) is 49.4 Å². The number of fused-ring (bicyclic) bond motifs is 4. The molecule has 0 aliphatic carbocycles. The topological polar surface area (TPSA) is 83.1 Å². The average molecular weight is 526 g/mol. The zero-order valence-electron chi connectivity index (χ0n) is 20.8. The molecule has 2 fully saturated rings. The van der Waals surface area contributed by atoms with Crippen molar-refractivity contribution in [1.29, 1.82) is 0 Å². The maximum absolute atomic E-state index is 14.3. The smallest absolute Gasteiger partial charge is 0.328 e. The molecule has 0 radical (unpaired) electrons. The molecule has 0 spiro atoms. The Morgan fingerprint density at radius 1 is 1.14 bits per heavy atom. The molecule has 3 amide bonds. The molecule has 10 heteroatoms. The predicted molar refractivity (Wildman–Crippen MR) is 138 cm³/mol. The molecule has 3 aromatic rings. The first-order chi connectivity index (χ1) is 17.7. The summed E-state index contributed by atoms with van der Waals surface area (Å²) in [4.78, 5) is 38.7. The van der Waals surface area contributed by atoms with Crippen LogP contribution in [0.4, 0.5) is 9.18 Å². The molecule has 2 unspecified atom stereocenters. The molecule has 2 aromatic carbocycles. The Morgan fingerprint density at radius 3 is 2.62 bits per heavy atom. The Hall–Kier alpha value is -3.14. The molecule has 3 aliphatic heterocycles. The normalized spacial score (nSPS) is 24.7. The number of rotatable bonds is 4. The maximum Gasteiger partial charge on any atom is 0.328 e. The van der Waals surface area contributed by atoms with E-state index in [1.54, 1.807) is 36.1 Å². The van der Waals surface area contributed by atoms with Gasteiger partial charge < -0.3 is 15.0 Å². The van der Waals surface area contributed by atoms with E-state index in [0.29, 0.717) is 29.9 Å². The molecule has 2 saturated heterocycles. The number of urea groups is 1. The van der Waals surface area contributed by atoms with Crippen molar-refractivity contribution in [3.05, 3.63) is 64.1 Å². The number of phenols is 1.